The molecule has 1 unspecified atom stereocenters. The SMILES string of the molecule is CC(N)(c1ccccc1Br)C1CCCCC1. The molecular weight excluding hydrogens is 262 g/mol. The normalized spacial score (nSPS) is 21.7. The highest BCUT2D eigenvalue weighted by Gasteiger charge is 2.33. The third kappa shape index (κ3) is 2.33. The molecule has 2 rings (SSSR count). The second-order valence-corrected chi connectivity index (χ2v) is 5.95. The van der Waals surface area contributed by atoms with E-state index in [1.165, 1.54) is 37.7 Å². The van der Waals surface area contributed by atoms with Gasteiger partial charge in [-0.1, -0.05) is 53.4 Å². The number of benzene rings is 1. The van der Waals surface area contributed by atoms with Gasteiger partial charge in [0.05, 0.1) is 0 Å². The molecule has 0 aliphatic heterocycles. The fourth-order valence-electron chi connectivity index (χ4n) is 2.82. The molecule has 1 aliphatic rings. The third-order valence-corrected chi connectivity index (χ3v) is 4.60. The standard InChI is InChI=1S/C14H20BrN/c1-14(16,11-7-3-2-4-8-11)12-9-5-6-10-13(12)15/h5-6,9-11H,2-4,7-8,16H2,1H3. The van der Waals surface area contributed by atoms with Crippen LogP contribution in [0.2, 0.25) is 0 Å². The molecule has 1 saturated carbocycles. The van der Waals surface area contributed by atoms with Gasteiger partial charge < -0.3 is 5.73 Å². The van der Waals surface area contributed by atoms with Crippen molar-refractivity contribution < 1.29 is 0 Å². The fraction of sp³-hybridized carbons (Fsp3) is 0.571. The lowest BCUT2D eigenvalue weighted by Gasteiger charge is -2.37. The largest absolute Gasteiger partial charge is 0.321 e. The van der Waals surface area contributed by atoms with E-state index < -0.39 is 0 Å². The first-order chi connectivity index (χ1) is 7.62. The Morgan fingerprint density at radius 2 is 1.81 bits per heavy atom. The second kappa shape index (κ2) is 4.89. The predicted molar refractivity (Wildman–Crippen MR) is 72.3 cm³/mol. The lowest BCUT2D eigenvalue weighted by atomic mass is 9.73. The first-order valence-corrected chi connectivity index (χ1v) is 6.95. The molecule has 0 spiro atoms. The Balaban J connectivity index is 2.26. The maximum absolute atomic E-state index is 6.58. The summed E-state index contributed by atoms with van der Waals surface area (Å²) in [5, 5.41) is 0. The molecule has 0 bridgehead atoms. The minimum Gasteiger partial charge on any atom is -0.321 e. The van der Waals surface area contributed by atoms with Crippen molar-refractivity contribution in [2.75, 3.05) is 0 Å². The second-order valence-electron chi connectivity index (χ2n) is 5.10. The van der Waals surface area contributed by atoms with Crippen LogP contribution >= 0.6 is 15.9 Å². The molecule has 0 amide bonds. The summed E-state index contributed by atoms with van der Waals surface area (Å²) in [4.78, 5) is 0. The molecule has 0 radical (unpaired) electrons. The summed E-state index contributed by atoms with van der Waals surface area (Å²) in [6.07, 6.45) is 6.59. The van der Waals surface area contributed by atoms with Gasteiger partial charge in [-0.2, -0.15) is 0 Å². The topological polar surface area (TPSA) is 26.0 Å². The van der Waals surface area contributed by atoms with Crippen LogP contribution in [0.5, 0.6) is 0 Å². The molecular formula is C14H20BrN. The predicted octanol–water partition coefficient (Wildman–Crippen LogP) is 4.20. The number of rotatable bonds is 2. The highest BCUT2D eigenvalue weighted by molar-refractivity contribution is 9.10. The van der Waals surface area contributed by atoms with Gasteiger partial charge in [-0.25, -0.2) is 0 Å². The van der Waals surface area contributed by atoms with Crippen LogP contribution in [-0.2, 0) is 5.54 Å². The van der Waals surface area contributed by atoms with E-state index in [1.807, 2.05) is 6.07 Å². The van der Waals surface area contributed by atoms with E-state index in [4.69, 9.17) is 5.73 Å². The average molecular weight is 282 g/mol. The number of nitrogens with two attached hydrogens (primary N) is 1. The highest BCUT2D eigenvalue weighted by atomic mass is 79.9. The Morgan fingerprint density at radius 1 is 1.19 bits per heavy atom. The zero-order chi connectivity index (χ0) is 11.6. The molecule has 1 fully saturated rings. The first-order valence-electron chi connectivity index (χ1n) is 6.16. The van der Waals surface area contributed by atoms with E-state index in [0.29, 0.717) is 5.92 Å². The van der Waals surface area contributed by atoms with Gasteiger partial charge in [0.15, 0.2) is 0 Å². The highest BCUT2D eigenvalue weighted by Crippen LogP contribution is 2.39. The van der Waals surface area contributed by atoms with Crippen molar-refractivity contribution in [3.8, 4) is 0 Å². The number of hydrogen-bond donors (Lipinski definition) is 1. The molecule has 2 N–H and O–H groups in total. The molecule has 2 heteroatoms. The Bertz CT molecular complexity index is 354. The number of hydrogen-bond acceptors (Lipinski definition) is 1. The van der Waals surface area contributed by atoms with Crippen molar-refractivity contribution >= 4 is 15.9 Å². The Hall–Kier alpha value is -0.340. The summed E-state index contributed by atoms with van der Waals surface area (Å²) in [6.45, 7) is 2.18. The summed E-state index contributed by atoms with van der Waals surface area (Å²) in [5.41, 5.74) is 7.64. The van der Waals surface area contributed by atoms with Gasteiger partial charge in [0.1, 0.15) is 0 Å². The lowest BCUT2D eigenvalue weighted by molar-refractivity contribution is 0.223. The monoisotopic (exact) mass is 281 g/mol. The van der Waals surface area contributed by atoms with E-state index in [1.54, 1.807) is 0 Å². The molecule has 0 aromatic heterocycles. The van der Waals surface area contributed by atoms with Crippen LogP contribution in [-0.4, -0.2) is 0 Å². The minimum absolute atomic E-state index is 0.194. The maximum atomic E-state index is 6.58. The Labute approximate surface area is 107 Å². The maximum Gasteiger partial charge on any atom is 0.0420 e. The molecule has 1 aromatic carbocycles. The average Bonchev–Trinajstić information content (AvgIpc) is 2.30. The zero-order valence-corrected chi connectivity index (χ0v) is 11.5. The van der Waals surface area contributed by atoms with Crippen molar-refractivity contribution in [3.05, 3.63) is 34.3 Å². The van der Waals surface area contributed by atoms with E-state index in [-0.39, 0.29) is 5.54 Å². The summed E-state index contributed by atoms with van der Waals surface area (Å²) in [5.74, 6) is 0.625. The lowest BCUT2D eigenvalue weighted by Crippen LogP contribution is -2.42. The smallest absolute Gasteiger partial charge is 0.0420 e. The van der Waals surface area contributed by atoms with E-state index in [0.717, 1.165) is 4.47 Å². The van der Waals surface area contributed by atoms with Crippen molar-refractivity contribution in [2.24, 2.45) is 11.7 Å². The van der Waals surface area contributed by atoms with Gasteiger partial charge >= 0.3 is 0 Å². The van der Waals surface area contributed by atoms with Crippen LogP contribution in [0.3, 0.4) is 0 Å². The van der Waals surface area contributed by atoms with Crippen molar-refractivity contribution in [3.63, 3.8) is 0 Å². The summed E-state index contributed by atoms with van der Waals surface area (Å²) < 4.78 is 1.14. The van der Waals surface area contributed by atoms with Crippen molar-refractivity contribution in [1.29, 1.82) is 0 Å². The summed E-state index contributed by atoms with van der Waals surface area (Å²) in [6, 6.07) is 8.36. The molecule has 16 heavy (non-hydrogen) atoms. The van der Waals surface area contributed by atoms with Gasteiger partial charge in [-0.05, 0) is 37.3 Å². The van der Waals surface area contributed by atoms with Gasteiger partial charge in [-0.15, -0.1) is 0 Å². The van der Waals surface area contributed by atoms with Gasteiger partial charge in [0, 0.05) is 10.0 Å². The Kier molecular flexibility index (Phi) is 3.70. The molecule has 1 aliphatic carbocycles. The van der Waals surface area contributed by atoms with Crippen LogP contribution < -0.4 is 5.73 Å². The van der Waals surface area contributed by atoms with Crippen molar-refractivity contribution in [2.45, 2.75) is 44.6 Å². The van der Waals surface area contributed by atoms with Crippen LogP contribution in [0.1, 0.15) is 44.6 Å². The summed E-state index contributed by atoms with van der Waals surface area (Å²) >= 11 is 3.62. The minimum atomic E-state index is -0.194. The van der Waals surface area contributed by atoms with Crippen LogP contribution in [0.25, 0.3) is 0 Å². The van der Waals surface area contributed by atoms with E-state index >= 15 is 0 Å². The van der Waals surface area contributed by atoms with E-state index in [2.05, 4.69) is 41.1 Å². The quantitative estimate of drug-likeness (QED) is 0.864. The molecule has 1 nitrogen and oxygen atoms in total. The Morgan fingerprint density at radius 3 is 2.44 bits per heavy atom. The first kappa shape index (κ1) is 12.1. The molecule has 88 valence electrons. The molecule has 1 aromatic rings. The van der Waals surface area contributed by atoms with Gasteiger partial charge in [-0.3, -0.25) is 0 Å². The van der Waals surface area contributed by atoms with Crippen LogP contribution in [0.15, 0.2) is 28.7 Å². The molecule has 0 saturated heterocycles. The van der Waals surface area contributed by atoms with Gasteiger partial charge in [0.2, 0.25) is 0 Å². The van der Waals surface area contributed by atoms with Crippen LogP contribution in [0.4, 0.5) is 0 Å². The third-order valence-electron chi connectivity index (χ3n) is 3.91. The number of halogens is 1. The van der Waals surface area contributed by atoms with Gasteiger partial charge in [0.25, 0.3) is 0 Å². The molecule has 0 heterocycles. The zero-order valence-electron chi connectivity index (χ0n) is 9.88. The summed E-state index contributed by atoms with van der Waals surface area (Å²) in [7, 11) is 0. The van der Waals surface area contributed by atoms with Crippen LogP contribution in [0, 0.1) is 5.92 Å². The van der Waals surface area contributed by atoms with Crippen molar-refractivity contribution in [1.82, 2.24) is 0 Å². The fourth-order valence-corrected chi connectivity index (χ4v) is 3.53. The molecule has 1 atom stereocenters. The van der Waals surface area contributed by atoms with E-state index in [9.17, 15) is 0 Å².